The Morgan fingerprint density at radius 2 is 1.92 bits per heavy atom. The number of hydrogen-bond donors (Lipinski definition) is 1. The number of sulfone groups is 1. The van der Waals surface area contributed by atoms with Gasteiger partial charge in [0.25, 0.3) is 0 Å². The van der Waals surface area contributed by atoms with Crippen molar-refractivity contribution in [2.24, 2.45) is 12.0 Å². The maximum Gasteiger partial charge on any atom is 0.194 e. The third kappa shape index (κ3) is 6.27. The van der Waals surface area contributed by atoms with Crippen LogP contribution in [0.15, 0.2) is 50.9 Å². The third-order valence-electron chi connectivity index (χ3n) is 3.85. The van der Waals surface area contributed by atoms with E-state index in [0.717, 1.165) is 28.2 Å². The molecule has 6 nitrogen and oxygen atoms in total. The summed E-state index contributed by atoms with van der Waals surface area (Å²) in [5.74, 6) is 0.768. The molecule has 0 radical (unpaired) electrons. The van der Waals surface area contributed by atoms with E-state index in [1.165, 1.54) is 6.26 Å². The number of halogens is 2. The number of rotatable bonds is 5. The molecule has 0 saturated carbocycles. The second-order valence-corrected chi connectivity index (χ2v) is 8.86. The second-order valence-electron chi connectivity index (χ2n) is 5.93. The Kier molecular flexibility index (Phi) is 8.61. The number of nitrogens with one attached hydrogen (secondary N) is 1. The predicted octanol–water partition coefficient (Wildman–Crippen LogP) is 3.02. The Bertz CT molecular complexity index is 863. The number of hydrogen-bond acceptors (Lipinski definition) is 3. The molecule has 0 aliphatic rings. The minimum atomic E-state index is -3.16. The molecule has 0 atom stereocenters. The lowest BCUT2D eigenvalue weighted by Crippen LogP contribution is -2.38. The zero-order chi connectivity index (χ0) is 18.6. The number of aryl methyl sites for hydroxylation is 1. The van der Waals surface area contributed by atoms with Crippen LogP contribution in [-0.4, -0.2) is 44.2 Å². The molecule has 0 unspecified atom stereocenters. The van der Waals surface area contributed by atoms with E-state index in [0.29, 0.717) is 11.4 Å². The summed E-state index contributed by atoms with van der Waals surface area (Å²) in [7, 11) is 2.56. The van der Waals surface area contributed by atoms with Crippen molar-refractivity contribution in [2.45, 2.75) is 18.0 Å². The predicted molar refractivity (Wildman–Crippen MR) is 120 cm³/mol. The number of aromatic nitrogens is 1. The fourth-order valence-electron chi connectivity index (χ4n) is 2.46. The van der Waals surface area contributed by atoms with Gasteiger partial charge in [-0.05, 0) is 39.7 Å². The molecule has 144 valence electrons. The zero-order valence-corrected chi connectivity index (χ0v) is 20.0. The maximum atomic E-state index is 11.5. The summed E-state index contributed by atoms with van der Waals surface area (Å²) in [5.41, 5.74) is 2.15. The topological polar surface area (TPSA) is 66.7 Å². The molecular formula is C17H24BrIN4O2S. The van der Waals surface area contributed by atoms with E-state index in [9.17, 15) is 8.42 Å². The molecule has 0 aliphatic carbocycles. The lowest BCUT2D eigenvalue weighted by molar-refractivity contribution is 0.461. The van der Waals surface area contributed by atoms with Crippen LogP contribution in [0.2, 0.25) is 0 Å². The van der Waals surface area contributed by atoms with Crippen molar-refractivity contribution in [1.82, 2.24) is 14.8 Å². The lowest BCUT2D eigenvalue weighted by Gasteiger charge is -2.22. The van der Waals surface area contributed by atoms with Gasteiger partial charge in [0.15, 0.2) is 15.8 Å². The summed E-state index contributed by atoms with van der Waals surface area (Å²) in [6.07, 6.45) is 3.22. The van der Waals surface area contributed by atoms with Gasteiger partial charge in [0.1, 0.15) is 0 Å². The maximum absolute atomic E-state index is 11.5. The minimum absolute atomic E-state index is 0. The first-order chi connectivity index (χ1) is 11.7. The van der Waals surface area contributed by atoms with E-state index in [1.54, 1.807) is 19.2 Å². The summed E-state index contributed by atoms with van der Waals surface area (Å²) in [4.78, 5) is 6.67. The first kappa shape index (κ1) is 23.0. The molecular weight excluding hydrogens is 531 g/mol. The molecule has 2 aromatic rings. The van der Waals surface area contributed by atoms with Crippen LogP contribution in [-0.2, 0) is 30.0 Å². The van der Waals surface area contributed by atoms with Crippen molar-refractivity contribution in [3.63, 3.8) is 0 Å². The van der Waals surface area contributed by atoms with Crippen LogP contribution in [0.25, 0.3) is 0 Å². The van der Waals surface area contributed by atoms with Gasteiger partial charge in [-0.3, -0.25) is 4.99 Å². The van der Waals surface area contributed by atoms with Gasteiger partial charge < -0.3 is 14.8 Å². The van der Waals surface area contributed by atoms with E-state index in [-0.39, 0.29) is 24.0 Å². The molecule has 0 fully saturated rings. The molecule has 2 rings (SSSR count). The number of aliphatic imine (C=N–C) groups is 1. The van der Waals surface area contributed by atoms with Crippen LogP contribution in [0.1, 0.15) is 11.3 Å². The van der Waals surface area contributed by atoms with Gasteiger partial charge in [0.05, 0.1) is 11.4 Å². The first-order valence-corrected chi connectivity index (χ1v) is 10.4. The van der Waals surface area contributed by atoms with E-state index in [2.05, 4.69) is 36.9 Å². The monoisotopic (exact) mass is 554 g/mol. The van der Waals surface area contributed by atoms with Crippen LogP contribution in [0, 0.1) is 0 Å². The summed E-state index contributed by atoms with van der Waals surface area (Å²) in [6.45, 7) is 1.28. The Hall–Kier alpha value is -1.07. The smallest absolute Gasteiger partial charge is 0.194 e. The highest BCUT2D eigenvalue weighted by atomic mass is 127. The highest BCUT2D eigenvalue weighted by molar-refractivity contribution is 14.0. The SMILES string of the molecule is CN=C(NCc1ccc(S(C)(=O)=O)cc1)N(C)Cc1cc(Br)cn1C.I. The molecule has 1 aromatic heterocycles. The molecule has 26 heavy (non-hydrogen) atoms. The van der Waals surface area contributed by atoms with E-state index >= 15 is 0 Å². The van der Waals surface area contributed by atoms with Crippen LogP contribution in [0.4, 0.5) is 0 Å². The minimum Gasteiger partial charge on any atom is -0.352 e. The molecule has 1 aromatic carbocycles. The van der Waals surface area contributed by atoms with Crippen molar-refractivity contribution < 1.29 is 8.42 Å². The standard InChI is InChI=1S/C17H23BrN4O2S.HI/c1-19-17(22(3)12-15-9-14(18)11-21(15)2)20-10-13-5-7-16(8-6-13)25(4,23)24;/h5-9,11H,10,12H2,1-4H3,(H,19,20);1H. The van der Waals surface area contributed by atoms with Gasteiger partial charge in [-0.25, -0.2) is 8.42 Å². The van der Waals surface area contributed by atoms with Crippen LogP contribution >= 0.6 is 39.9 Å². The summed E-state index contributed by atoms with van der Waals surface area (Å²) in [6, 6.07) is 8.95. The van der Waals surface area contributed by atoms with Crippen LogP contribution in [0.3, 0.4) is 0 Å². The molecule has 1 N–H and O–H groups in total. The van der Waals surface area contributed by atoms with Gasteiger partial charge in [0.2, 0.25) is 0 Å². The van der Waals surface area contributed by atoms with Crippen molar-refractivity contribution in [1.29, 1.82) is 0 Å². The molecule has 0 saturated heterocycles. The molecule has 9 heteroatoms. The normalized spacial score (nSPS) is 11.8. The first-order valence-electron chi connectivity index (χ1n) is 7.72. The quantitative estimate of drug-likeness (QED) is 0.350. The zero-order valence-electron chi connectivity index (χ0n) is 15.2. The highest BCUT2D eigenvalue weighted by Crippen LogP contribution is 2.15. The van der Waals surface area contributed by atoms with Crippen molar-refractivity contribution in [3.05, 3.63) is 52.3 Å². The van der Waals surface area contributed by atoms with Gasteiger partial charge in [-0.15, -0.1) is 24.0 Å². The summed E-state index contributed by atoms with van der Waals surface area (Å²) < 4.78 is 26.1. The van der Waals surface area contributed by atoms with Crippen molar-refractivity contribution in [2.75, 3.05) is 20.4 Å². The van der Waals surface area contributed by atoms with Gasteiger partial charge >= 0.3 is 0 Å². The largest absolute Gasteiger partial charge is 0.352 e. The van der Waals surface area contributed by atoms with Crippen molar-refractivity contribution >= 4 is 55.7 Å². The summed E-state index contributed by atoms with van der Waals surface area (Å²) in [5, 5.41) is 3.30. The Balaban J connectivity index is 0.00000338. The molecule has 1 heterocycles. The fraction of sp³-hybridized carbons (Fsp3) is 0.353. The fourth-order valence-corrected chi connectivity index (χ4v) is 3.66. The van der Waals surface area contributed by atoms with Gasteiger partial charge in [0, 0.05) is 50.3 Å². The third-order valence-corrected chi connectivity index (χ3v) is 5.41. The molecule has 0 amide bonds. The van der Waals surface area contributed by atoms with Crippen molar-refractivity contribution in [3.8, 4) is 0 Å². The second kappa shape index (κ2) is 9.75. The lowest BCUT2D eigenvalue weighted by atomic mass is 10.2. The van der Waals surface area contributed by atoms with E-state index in [1.807, 2.05) is 37.3 Å². The van der Waals surface area contributed by atoms with E-state index in [4.69, 9.17) is 0 Å². The molecule has 0 spiro atoms. The Labute approximate surface area is 180 Å². The molecule has 0 aliphatic heterocycles. The number of benzene rings is 1. The van der Waals surface area contributed by atoms with Gasteiger partial charge in [-0.2, -0.15) is 0 Å². The average Bonchev–Trinajstić information content (AvgIpc) is 2.85. The van der Waals surface area contributed by atoms with Crippen LogP contribution in [0.5, 0.6) is 0 Å². The van der Waals surface area contributed by atoms with E-state index < -0.39 is 9.84 Å². The summed E-state index contributed by atoms with van der Waals surface area (Å²) >= 11 is 3.48. The molecule has 0 bridgehead atoms. The Morgan fingerprint density at radius 1 is 1.31 bits per heavy atom. The Morgan fingerprint density at radius 3 is 2.38 bits per heavy atom. The van der Waals surface area contributed by atoms with Crippen LogP contribution < -0.4 is 5.32 Å². The number of guanidine groups is 1. The average molecular weight is 555 g/mol. The number of nitrogens with zero attached hydrogens (tertiary/aromatic N) is 3. The van der Waals surface area contributed by atoms with Gasteiger partial charge in [-0.1, -0.05) is 12.1 Å². The highest BCUT2D eigenvalue weighted by Gasteiger charge is 2.10.